The monoisotopic (exact) mass is 1630 g/mol. The predicted octanol–water partition coefficient (Wildman–Crippen LogP) is 8.61. The van der Waals surface area contributed by atoms with Crippen LogP contribution < -0.4 is 27.2 Å². The van der Waals surface area contributed by atoms with Gasteiger partial charge in [-0.1, -0.05) is 42.4 Å². The lowest BCUT2D eigenvalue weighted by molar-refractivity contribution is -0.141. The van der Waals surface area contributed by atoms with E-state index in [1.165, 1.54) is 47.0 Å². The summed E-state index contributed by atoms with van der Waals surface area (Å²) in [4.78, 5) is 162. The van der Waals surface area contributed by atoms with Crippen LogP contribution in [0.2, 0.25) is 0 Å². The molecule has 6 aromatic rings. The second kappa shape index (κ2) is 45.2. The Balaban J connectivity index is 0.545. The third kappa shape index (κ3) is 25.5. The molecule has 0 fully saturated rings. The van der Waals surface area contributed by atoms with Crippen molar-refractivity contribution in [3.63, 3.8) is 0 Å². The lowest BCUT2D eigenvalue weighted by Gasteiger charge is -2.19. The number of aromatic nitrogens is 8. The van der Waals surface area contributed by atoms with Crippen molar-refractivity contribution in [1.29, 1.82) is 0 Å². The average Bonchev–Trinajstić information content (AvgIpc) is 1.56. The Labute approximate surface area is 672 Å². The number of Topliss-reactive ketones (excluding diaryl/α,β-unsaturated/α-hetero) is 4. The lowest BCUT2D eigenvalue weighted by Crippen LogP contribution is -2.42. The van der Waals surface area contributed by atoms with Gasteiger partial charge in [0.1, 0.15) is 29.6 Å². The van der Waals surface area contributed by atoms with Crippen LogP contribution in [-0.2, 0) is 77.9 Å². The van der Waals surface area contributed by atoms with E-state index < -0.39 is 53.3 Å². The number of methoxy groups -OCH3 is 1. The molecule has 9 rings (SSSR count). The standard InChI is InChI=1S/C80H104N12O21S2/c1-8-55-45(2)58-41-63-66(49(6)93)47(4)60(86-63)39-59-46(3)56(70(88-59)68-69(79(104)105-7)73(97)67-48(5)61(89-71(67)68)40-62(55)85-58)19-17-54(95)12-10-38-114-115-44-64(78(102)103)87-65(96)21-23-107-25-27-109-29-31-111-33-35-113-37-36-112-34-32-110-30-28-108-26-24-106-22-9-11-53(94)18-20-57(77(100)101)90-75(98)50-13-15-51(16-14-50)82-42-52-43-83-74-72(84-52)76(99)92-80(81)91-74/h13-16,39-41,43,45-46,55-57,64,69,82,86,89H,8-12,17-38,42,44H2,1-7H3,(H,87,96)(H,90,98)(H,100,101)(H,102,103)(H3,81,83,91,92,99)/t45-,46+,55-,56+,57+,64+,69?/m1/s1. The number of benzene rings is 1. The van der Waals surface area contributed by atoms with E-state index in [0.717, 1.165) is 23.4 Å². The number of esters is 1. The number of nitrogens with zero attached hydrogens (tertiary/aromatic N) is 5. The number of ketones is 4. The smallest absolute Gasteiger partial charge is 0.327 e. The minimum absolute atomic E-state index is 0.0134. The van der Waals surface area contributed by atoms with Gasteiger partial charge in [-0.3, -0.25) is 53.3 Å². The van der Waals surface area contributed by atoms with Crippen molar-refractivity contribution in [2.24, 2.45) is 0 Å². The molecular weight excluding hydrogens is 1530 g/mol. The Morgan fingerprint density at radius 2 is 1.17 bits per heavy atom. The maximum Gasteiger partial charge on any atom is 0.327 e. The largest absolute Gasteiger partial charge is 0.480 e. The highest BCUT2D eigenvalue weighted by Gasteiger charge is 2.46. The van der Waals surface area contributed by atoms with E-state index in [0.29, 0.717) is 178 Å². The van der Waals surface area contributed by atoms with Crippen LogP contribution in [0.5, 0.6) is 0 Å². The molecular formula is C80H104N12O21S2. The summed E-state index contributed by atoms with van der Waals surface area (Å²) in [6, 6.07) is 9.77. The molecule has 1 aromatic carbocycles. The second-order valence-electron chi connectivity index (χ2n) is 28.0. The number of aromatic amines is 3. The number of rotatable bonds is 52. The summed E-state index contributed by atoms with van der Waals surface area (Å²) in [5, 5.41) is 27.8. The van der Waals surface area contributed by atoms with Crippen LogP contribution in [0.25, 0.3) is 33.2 Å². The van der Waals surface area contributed by atoms with Gasteiger partial charge in [-0.05, 0) is 106 Å². The molecule has 115 heavy (non-hydrogen) atoms. The average molecular weight is 1630 g/mol. The molecule has 5 aromatic heterocycles. The van der Waals surface area contributed by atoms with Crippen molar-refractivity contribution in [3.05, 3.63) is 121 Å². The zero-order valence-corrected chi connectivity index (χ0v) is 67.6. The van der Waals surface area contributed by atoms with Crippen molar-refractivity contribution in [1.82, 2.24) is 50.5 Å². The highest BCUT2D eigenvalue weighted by molar-refractivity contribution is 8.76. The van der Waals surface area contributed by atoms with E-state index in [4.69, 9.17) is 58.3 Å². The number of carbonyl (C=O) groups is 9. The Morgan fingerprint density at radius 1 is 0.609 bits per heavy atom. The molecule has 0 radical (unpaired) electrons. The Bertz CT molecular complexity index is 4630. The van der Waals surface area contributed by atoms with Crippen LogP contribution in [-0.4, -0.2) is 239 Å². The number of ether oxygens (including phenoxy) is 9. The van der Waals surface area contributed by atoms with Crippen LogP contribution in [0.1, 0.15) is 198 Å². The van der Waals surface area contributed by atoms with E-state index in [9.17, 15) is 58.2 Å². The van der Waals surface area contributed by atoms with Gasteiger partial charge >= 0.3 is 17.9 Å². The molecule has 1 aliphatic carbocycles. The molecule has 7 heterocycles. The normalized spacial score (nSPS) is 16.2. The minimum Gasteiger partial charge on any atom is -0.480 e. The zero-order chi connectivity index (χ0) is 82.5. The minimum atomic E-state index is -1.27. The number of hydrogen-bond acceptors (Lipinski definition) is 28. The highest BCUT2D eigenvalue weighted by Crippen LogP contribution is 2.49. The van der Waals surface area contributed by atoms with E-state index in [2.05, 4.69) is 59.7 Å². The zero-order valence-electron chi connectivity index (χ0n) is 65.9. The quantitative estimate of drug-likeness (QED) is 0.00567. The van der Waals surface area contributed by atoms with Gasteiger partial charge in [0.25, 0.3) is 11.5 Å². The number of carboxylic acids is 2. The summed E-state index contributed by atoms with van der Waals surface area (Å²) in [6.07, 6.45) is 4.10. The van der Waals surface area contributed by atoms with E-state index in [-0.39, 0.29) is 140 Å². The summed E-state index contributed by atoms with van der Waals surface area (Å²) in [5.41, 5.74) is 14.7. The summed E-state index contributed by atoms with van der Waals surface area (Å²) in [7, 11) is 3.96. The molecule has 10 N–H and O–H groups in total. The van der Waals surface area contributed by atoms with E-state index in [1.54, 1.807) is 19.1 Å². The Kier molecular flexibility index (Phi) is 35.2. The van der Waals surface area contributed by atoms with Crippen LogP contribution in [0.4, 0.5) is 11.6 Å². The van der Waals surface area contributed by atoms with Gasteiger partial charge in [0.15, 0.2) is 22.7 Å². The number of fused-ring (bicyclic) bond motifs is 9. The number of carboxylic acid groups (broad SMARTS) is 2. The fourth-order valence-electron chi connectivity index (χ4n) is 13.8. The van der Waals surface area contributed by atoms with Crippen LogP contribution >= 0.6 is 21.6 Å². The Hall–Kier alpha value is -9.43. The molecule has 622 valence electrons. The summed E-state index contributed by atoms with van der Waals surface area (Å²) >= 11 is 0. The van der Waals surface area contributed by atoms with Crippen molar-refractivity contribution in [2.75, 3.05) is 135 Å². The number of hydrogen-bond donors (Lipinski definition) is 9. The first-order valence-electron chi connectivity index (χ1n) is 38.7. The summed E-state index contributed by atoms with van der Waals surface area (Å²) in [5.74, 6) is -6.08. The van der Waals surface area contributed by atoms with Crippen molar-refractivity contribution in [2.45, 2.75) is 154 Å². The molecule has 0 saturated carbocycles. The first kappa shape index (κ1) is 89.5. The number of nitrogen functional groups attached to an aromatic ring is 1. The first-order valence-corrected chi connectivity index (χ1v) is 41.2. The van der Waals surface area contributed by atoms with Crippen molar-refractivity contribution in [3.8, 4) is 0 Å². The third-order valence-corrected chi connectivity index (χ3v) is 22.5. The van der Waals surface area contributed by atoms with Gasteiger partial charge in [-0.2, -0.15) is 4.98 Å². The summed E-state index contributed by atoms with van der Waals surface area (Å²) in [6.45, 7) is 16.9. The molecule has 3 aliphatic rings. The molecule has 35 heteroatoms. The Morgan fingerprint density at radius 3 is 1.78 bits per heavy atom. The van der Waals surface area contributed by atoms with Crippen molar-refractivity contribution >= 4 is 119 Å². The maximum absolute atomic E-state index is 14.5. The van der Waals surface area contributed by atoms with Gasteiger partial charge in [-0.25, -0.2) is 19.6 Å². The van der Waals surface area contributed by atoms with Gasteiger partial charge in [0, 0.05) is 130 Å². The van der Waals surface area contributed by atoms with Gasteiger partial charge in [-0.15, -0.1) is 0 Å². The van der Waals surface area contributed by atoms with E-state index in [1.807, 2.05) is 39.0 Å². The molecule has 1 unspecified atom stereocenters. The number of carbonyl (C=O) groups excluding carboxylic acids is 7. The van der Waals surface area contributed by atoms with Crippen LogP contribution in [0.15, 0.2) is 53.5 Å². The van der Waals surface area contributed by atoms with Crippen molar-refractivity contribution < 1.29 is 96.0 Å². The number of amides is 2. The van der Waals surface area contributed by atoms with Gasteiger partial charge in [0.2, 0.25) is 11.9 Å². The van der Waals surface area contributed by atoms with Crippen LogP contribution in [0.3, 0.4) is 0 Å². The van der Waals surface area contributed by atoms with E-state index >= 15 is 0 Å². The molecule has 8 bridgehead atoms. The predicted molar refractivity (Wildman–Crippen MR) is 430 cm³/mol. The first-order chi connectivity index (χ1) is 55.5. The number of anilines is 2. The maximum atomic E-state index is 14.5. The van der Waals surface area contributed by atoms with Gasteiger partial charge < -0.3 is 84.5 Å². The number of nitrogens with one attached hydrogen (secondary N) is 6. The van der Waals surface area contributed by atoms with Crippen LogP contribution in [0, 0.1) is 13.8 Å². The SMILES string of the molecule is CC[C@H]1c2cc3[nH]c4c(c3C)C(=O)C(C(=O)OC)c4c3nc(cc4[nH]c(cc(n2)[C@@H]1C)c(C(C)=O)c4C)[C@@H](C)[C@@H]3CCC(=O)CCCSSC[C@H](NC(=O)CCOCCOCCOCCOCCOCCOCCOCCOCCCC(=O)CC[C@H](NC(=O)c1ccc(NCc2cnc3nc(N)[nH]c(=O)c3n2)cc1)C(=O)O)C(=O)O. The molecule has 7 atom stereocenters. The number of aryl methyl sites for hydroxylation is 2. The lowest BCUT2D eigenvalue weighted by atomic mass is 9.83. The third-order valence-electron chi connectivity index (χ3n) is 20.0. The molecule has 0 saturated heterocycles. The molecule has 0 spiro atoms. The molecule has 2 aliphatic heterocycles. The number of nitrogens with two attached hydrogens (primary N) is 1. The molecule has 2 amide bonds. The highest BCUT2D eigenvalue weighted by atomic mass is 33.1. The number of aliphatic carboxylic acids is 2. The van der Waals surface area contributed by atoms with Gasteiger partial charge in [0.05, 0.1) is 141 Å². The fraction of sp³-hybridized carbons (Fsp3) is 0.537. The topological polar surface area (TPSA) is 468 Å². The molecule has 33 nitrogen and oxygen atoms in total. The summed E-state index contributed by atoms with van der Waals surface area (Å²) < 4.78 is 49.6. The number of H-pyrrole nitrogens is 3. The fourth-order valence-corrected chi connectivity index (χ4v) is 16.1. The second-order valence-corrected chi connectivity index (χ2v) is 30.7.